The van der Waals surface area contributed by atoms with Gasteiger partial charge in [0.15, 0.2) is 5.78 Å². The minimum absolute atomic E-state index is 0.0241. The highest BCUT2D eigenvalue weighted by Gasteiger charge is 2.30. The summed E-state index contributed by atoms with van der Waals surface area (Å²) in [6, 6.07) is 6.55. The summed E-state index contributed by atoms with van der Waals surface area (Å²) in [6.45, 7) is 4.95. The molecule has 0 saturated carbocycles. The van der Waals surface area contributed by atoms with Gasteiger partial charge in [-0.1, -0.05) is 23.8 Å². The molecule has 0 bridgehead atoms. The molecule has 5 nitrogen and oxygen atoms in total. The van der Waals surface area contributed by atoms with Crippen molar-refractivity contribution in [3.63, 3.8) is 0 Å². The molecule has 1 aliphatic heterocycles. The van der Waals surface area contributed by atoms with Gasteiger partial charge in [-0.3, -0.25) is 14.3 Å². The third kappa shape index (κ3) is 3.81. The minimum atomic E-state index is -0.0241. The number of aromatic nitrogens is 2. The standard InChI is InChI=1S/C20H25N3O2/c1-14-6-7-15(2)17(11-14)18-5-4-10-23(18)20(25)9-8-19(24)16-12-21-22(3)13-16/h6-7,11-13,18H,4-5,8-10H2,1-3H3/t18-/m0/s1. The largest absolute Gasteiger partial charge is 0.336 e. The summed E-state index contributed by atoms with van der Waals surface area (Å²) in [4.78, 5) is 26.9. The number of carbonyl (C=O) groups is 2. The van der Waals surface area contributed by atoms with E-state index in [0.717, 1.165) is 19.4 Å². The van der Waals surface area contributed by atoms with Crippen LogP contribution in [0.15, 0.2) is 30.6 Å². The smallest absolute Gasteiger partial charge is 0.223 e. The first-order chi connectivity index (χ1) is 12.0. The van der Waals surface area contributed by atoms with Gasteiger partial charge in [-0.2, -0.15) is 5.10 Å². The van der Waals surface area contributed by atoms with Crippen LogP contribution in [-0.2, 0) is 11.8 Å². The van der Waals surface area contributed by atoms with E-state index in [1.54, 1.807) is 24.1 Å². The molecule has 1 aliphatic rings. The Kier molecular flexibility index (Phi) is 5.02. The monoisotopic (exact) mass is 339 g/mol. The van der Waals surface area contributed by atoms with Crippen molar-refractivity contribution in [3.8, 4) is 0 Å². The number of nitrogens with zero attached hydrogens (tertiary/aromatic N) is 3. The number of hydrogen-bond donors (Lipinski definition) is 0. The number of rotatable bonds is 5. The Hall–Kier alpha value is -2.43. The normalized spacial score (nSPS) is 17.1. The van der Waals surface area contributed by atoms with Crippen LogP contribution in [0.1, 0.15) is 58.8 Å². The van der Waals surface area contributed by atoms with Crippen LogP contribution in [0, 0.1) is 13.8 Å². The average Bonchev–Trinajstić information content (AvgIpc) is 3.23. The van der Waals surface area contributed by atoms with E-state index in [1.807, 2.05) is 4.90 Å². The van der Waals surface area contributed by atoms with Crippen molar-refractivity contribution in [2.45, 2.75) is 45.6 Å². The van der Waals surface area contributed by atoms with Gasteiger partial charge in [0.2, 0.25) is 5.91 Å². The van der Waals surface area contributed by atoms with Gasteiger partial charge in [0.05, 0.1) is 17.8 Å². The summed E-state index contributed by atoms with van der Waals surface area (Å²) in [5, 5.41) is 4.01. The molecule has 5 heteroatoms. The number of amides is 1. The summed E-state index contributed by atoms with van der Waals surface area (Å²) in [5.41, 5.74) is 4.25. The fourth-order valence-corrected chi connectivity index (χ4v) is 3.58. The molecular formula is C20H25N3O2. The van der Waals surface area contributed by atoms with Gasteiger partial charge in [-0.15, -0.1) is 0 Å². The summed E-state index contributed by atoms with van der Waals surface area (Å²) in [7, 11) is 1.78. The number of benzene rings is 1. The fourth-order valence-electron chi connectivity index (χ4n) is 3.58. The average molecular weight is 339 g/mol. The Balaban J connectivity index is 1.66. The van der Waals surface area contributed by atoms with E-state index in [-0.39, 0.29) is 30.6 Å². The number of ketones is 1. The van der Waals surface area contributed by atoms with E-state index >= 15 is 0 Å². The zero-order valence-electron chi connectivity index (χ0n) is 15.2. The maximum atomic E-state index is 12.7. The predicted molar refractivity (Wildman–Crippen MR) is 96.4 cm³/mol. The van der Waals surface area contributed by atoms with Crippen molar-refractivity contribution < 1.29 is 9.59 Å². The first-order valence-electron chi connectivity index (χ1n) is 8.84. The molecule has 132 valence electrons. The van der Waals surface area contributed by atoms with E-state index in [9.17, 15) is 9.59 Å². The van der Waals surface area contributed by atoms with Crippen molar-refractivity contribution >= 4 is 11.7 Å². The number of likely N-dealkylation sites (tertiary alicyclic amines) is 1. The molecule has 3 rings (SSSR count). The van der Waals surface area contributed by atoms with E-state index in [1.165, 1.54) is 16.7 Å². The molecule has 1 fully saturated rings. The molecule has 0 aliphatic carbocycles. The van der Waals surface area contributed by atoms with Crippen LogP contribution in [0.4, 0.5) is 0 Å². The molecule has 1 aromatic carbocycles. The highest BCUT2D eigenvalue weighted by molar-refractivity contribution is 5.97. The van der Waals surface area contributed by atoms with Crippen molar-refractivity contribution in [1.82, 2.24) is 14.7 Å². The molecule has 1 aromatic heterocycles. The van der Waals surface area contributed by atoms with Crippen LogP contribution in [-0.4, -0.2) is 32.9 Å². The lowest BCUT2D eigenvalue weighted by molar-refractivity contribution is -0.132. The van der Waals surface area contributed by atoms with Crippen LogP contribution < -0.4 is 0 Å². The van der Waals surface area contributed by atoms with Gasteiger partial charge in [0.1, 0.15) is 0 Å². The zero-order valence-corrected chi connectivity index (χ0v) is 15.2. The third-order valence-corrected chi connectivity index (χ3v) is 4.96. The second-order valence-corrected chi connectivity index (χ2v) is 6.93. The molecule has 0 spiro atoms. The van der Waals surface area contributed by atoms with Crippen molar-refractivity contribution in [1.29, 1.82) is 0 Å². The summed E-state index contributed by atoms with van der Waals surface area (Å²) < 4.78 is 1.60. The molecule has 1 saturated heterocycles. The van der Waals surface area contributed by atoms with Crippen molar-refractivity contribution in [2.24, 2.45) is 7.05 Å². The van der Waals surface area contributed by atoms with Crippen LogP contribution in [0.25, 0.3) is 0 Å². The number of aryl methyl sites for hydroxylation is 3. The highest BCUT2D eigenvalue weighted by Crippen LogP contribution is 2.34. The molecule has 25 heavy (non-hydrogen) atoms. The van der Waals surface area contributed by atoms with Crippen LogP contribution in [0.5, 0.6) is 0 Å². The fraction of sp³-hybridized carbons (Fsp3) is 0.450. The highest BCUT2D eigenvalue weighted by atomic mass is 16.2. The molecule has 0 N–H and O–H groups in total. The van der Waals surface area contributed by atoms with Gasteiger partial charge < -0.3 is 4.90 Å². The Bertz CT molecular complexity index is 794. The summed E-state index contributed by atoms with van der Waals surface area (Å²) >= 11 is 0. The van der Waals surface area contributed by atoms with Crippen LogP contribution in [0.2, 0.25) is 0 Å². The van der Waals surface area contributed by atoms with E-state index in [2.05, 4.69) is 37.1 Å². The maximum absolute atomic E-state index is 12.7. The minimum Gasteiger partial charge on any atom is -0.336 e. The van der Waals surface area contributed by atoms with E-state index in [4.69, 9.17) is 0 Å². The predicted octanol–water partition coefficient (Wildman–Crippen LogP) is 3.36. The van der Waals surface area contributed by atoms with Crippen LogP contribution in [0.3, 0.4) is 0 Å². The number of Topliss-reactive ketones (excluding diaryl/α,β-unsaturated/α-hetero) is 1. The molecule has 2 heterocycles. The maximum Gasteiger partial charge on any atom is 0.223 e. The van der Waals surface area contributed by atoms with Gasteiger partial charge >= 0.3 is 0 Å². The van der Waals surface area contributed by atoms with Gasteiger partial charge in [0, 0.05) is 32.6 Å². The van der Waals surface area contributed by atoms with E-state index < -0.39 is 0 Å². The first kappa shape index (κ1) is 17.4. The lowest BCUT2D eigenvalue weighted by Crippen LogP contribution is -2.31. The van der Waals surface area contributed by atoms with Gasteiger partial charge in [-0.05, 0) is 37.8 Å². The number of carbonyl (C=O) groups excluding carboxylic acids is 2. The molecule has 0 radical (unpaired) electrons. The second-order valence-electron chi connectivity index (χ2n) is 6.93. The molecular weight excluding hydrogens is 314 g/mol. The Morgan fingerprint density at radius 1 is 1.24 bits per heavy atom. The quantitative estimate of drug-likeness (QED) is 0.785. The van der Waals surface area contributed by atoms with Crippen LogP contribution >= 0.6 is 0 Å². The molecule has 1 atom stereocenters. The second kappa shape index (κ2) is 7.21. The topological polar surface area (TPSA) is 55.2 Å². The van der Waals surface area contributed by atoms with Crippen molar-refractivity contribution in [3.05, 3.63) is 52.8 Å². The number of hydrogen-bond acceptors (Lipinski definition) is 3. The van der Waals surface area contributed by atoms with Crippen molar-refractivity contribution in [2.75, 3.05) is 6.54 Å². The molecule has 2 aromatic rings. The lowest BCUT2D eigenvalue weighted by Gasteiger charge is -2.26. The third-order valence-electron chi connectivity index (χ3n) is 4.96. The molecule has 0 unspecified atom stereocenters. The first-order valence-corrected chi connectivity index (χ1v) is 8.84. The van der Waals surface area contributed by atoms with E-state index in [0.29, 0.717) is 5.56 Å². The van der Waals surface area contributed by atoms with Gasteiger partial charge in [0.25, 0.3) is 0 Å². The Labute approximate surface area is 148 Å². The summed E-state index contributed by atoms with van der Waals surface area (Å²) in [5.74, 6) is 0.0459. The Morgan fingerprint density at radius 2 is 2.04 bits per heavy atom. The summed E-state index contributed by atoms with van der Waals surface area (Å²) in [6.07, 6.45) is 5.76. The Morgan fingerprint density at radius 3 is 2.76 bits per heavy atom. The SMILES string of the molecule is Cc1ccc(C)c([C@@H]2CCCN2C(=O)CCC(=O)c2cnn(C)c2)c1. The lowest BCUT2D eigenvalue weighted by atomic mass is 9.97. The molecule has 1 amide bonds. The zero-order chi connectivity index (χ0) is 18.0. The van der Waals surface area contributed by atoms with Gasteiger partial charge in [-0.25, -0.2) is 0 Å².